The first-order valence-electron chi connectivity index (χ1n) is 3.39. The number of hydrogen-bond acceptors (Lipinski definition) is 2. The van der Waals surface area contributed by atoms with Gasteiger partial charge < -0.3 is 9.84 Å². The van der Waals surface area contributed by atoms with E-state index in [-0.39, 0.29) is 12.9 Å². The lowest BCUT2D eigenvalue weighted by molar-refractivity contribution is -0.0488. The van der Waals surface area contributed by atoms with Gasteiger partial charge in [-0.15, -0.1) is 0 Å². The minimum atomic E-state index is -0.159. The molecule has 0 aromatic rings. The van der Waals surface area contributed by atoms with Crippen molar-refractivity contribution in [1.29, 1.82) is 0 Å². The van der Waals surface area contributed by atoms with Crippen LogP contribution in [0.2, 0.25) is 0 Å². The van der Waals surface area contributed by atoms with Crippen LogP contribution in [-0.4, -0.2) is 18.0 Å². The summed E-state index contributed by atoms with van der Waals surface area (Å²) in [6.45, 7) is 6.08. The lowest BCUT2D eigenvalue weighted by Gasteiger charge is -2.12. The molecule has 2 heteroatoms. The van der Waals surface area contributed by atoms with Gasteiger partial charge in [0.15, 0.2) is 0 Å². The van der Waals surface area contributed by atoms with Gasteiger partial charge in [0.2, 0.25) is 0 Å². The van der Waals surface area contributed by atoms with Crippen molar-refractivity contribution in [2.45, 2.75) is 33.3 Å². The topological polar surface area (TPSA) is 29.5 Å². The molecular formula is C7H16O2. The number of hydrogen-bond donors (Lipinski definition) is 1. The van der Waals surface area contributed by atoms with E-state index in [1.165, 1.54) is 0 Å². The van der Waals surface area contributed by atoms with Crippen LogP contribution < -0.4 is 0 Å². The molecule has 0 aliphatic rings. The molecule has 0 rings (SSSR count). The monoisotopic (exact) mass is 132 g/mol. The van der Waals surface area contributed by atoms with Crippen LogP contribution >= 0.6 is 0 Å². The van der Waals surface area contributed by atoms with Crippen LogP contribution in [0.1, 0.15) is 27.2 Å². The van der Waals surface area contributed by atoms with Crippen molar-refractivity contribution >= 4 is 0 Å². The van der Waals surface area contributed by atoms with Gasteiger partial charge in [-0.1, -0.05) is 13.8 Å². The van der Waals surface area contributed by atoms with Crippen molar-refractivity contribution in [3.63, 3.8) is 0 Å². The molecule has 2 nitrogen and oxygen atoms in total. The van der Waals surface area contributed by atoms with E-state index in [2.05, 4.69) is 13.8 Å². The Labute approximate surface area is 56.8 Å². The van der Waals surface area contributed by atoms with Crippen molar-refractivity contribution in [3.8, 4) is 0 Å². The summed E-state index contributed by atoms with van der Waals surface area (Å²) in [4.78, 5) is 0. The van der Waals surface area contributed by atoms with E-state index in [1.807, 2.05) is 6.92 Å². The molecule has 0 fully saturated rings. The van der Waals surface area contributed by atoms with Crippen LogP contribution in [-0.2, 0) is 4.74 Å². The average molecular weight is 132 g/mol. The lowest BCUT2D eigenvalue weighted by atomic mass is 10.1. The third-order valence-corrected chi connectivity index (χ3v) is 1.16. The average Bonchev–Trinajstić information content (AvgIpc) is 1.63. The van der Waals surface area contributed by atoms with Crippen molar-refractivity contribution in [1.82, 2.24) is 0 Å². The summed E-state index contributed by atoms with van der Waals surface area (Å²) in [5.41, 5.74) is 0. The molecule has 0 saturated heterocycles. The van der Waals surface area contributed by atoms with Gasteiger partial charge in [-0.05, 0) is 19.3 Å². The van der Waals surface area contributed by atoms with Gasteiger partial charge in [0.25, 0.3) is 0 Å². The quantitative estimate of drug-likeness (QED) is 0.586. The molecule has 1 atom stereocenters. The minimum absolute atomic E-state index is 0.159. The van der Waals surface area contributed by atoms with E-state index in [4.69, 9.17) is 9.84 Å². The van der Waals surface area contributed by atoms with Gasteiger partial charge in [0, 0.05) is 0 Å². The van der Waals surface area contributed by atoms with Gasteiger partial charge in [-0.25, -0.2) is 0 Å². The summed E-state index contributed by atoms with van der Waals surface area (Å²) in [7, 11) is 0. The Balaban J connectivity index is 3.15. The second kappa shape index (κ2) is 4.77. The maximum atomic E-state index is 8.33. The summed E-state index contributed by atoms with van der Waals surface area (Å²) in [6, 6.07) is 0. The molecule has 0 aliphatic carbocycles. The SMILES string of the molecule is CC(C)CC(C)OCO. The van der Waals surface area contributed by atoms with Crippen LogP contribution in [0.15, 0.2) is 0 Å². The molecule has 0 amide bonds. The zero-order valence-corrected chi connectivity index (χ0v) is 6.42. The zero-order valence-electron chi connectivity index (χ0n) is 6.42. The summed E-state index contributed by atoms with van der Waals surface area (Å²) < 4.78 is 4.91. The Morgan fingerprint density at radius 2 is 1.89 bits per heavy atom. The summed E-state index contributed by atoms with van der Waals surface area (Å²) in [5.74, 6) is 0.645. The number of aliphatic hydroxyl groups excluding tert-OH is 1. The van der Waals surface area contributed by atoms with E-state index >= 15 is 0 Å². The largest absolute Gasteiger partial charge is 0.371 e. The highest BCUT2D eigenvalue weighted by Gasteiger charge is 2.02. The van der Waals surface area contributed by atoms with Crippen molar-refractivity contribution in [3.05, 3.63) is 0 Å². The number of aliphatic hydroxyl groups is 1. The van der Waals surface area contributed by atoms with Crippen LogP contribution in [0.3, 0.4) is 0 Å². The molecule has 0 aromatic carbocycles. The molecular weight excluding hydrogens is 116 g/mol. The number of rotatable bonds is 4. The summed E-state index contributed by atoms with van der Waals surface area (Å²) in [6.07, 6.45) is 1.20. The Kier molecular flexibility index (Phi) is 4.72. The molecule has 56 valence electrons. The fourth-order valence-corrected chi connectivity index (χ4v) is 0.859. The summed E-state index contributed by atoms with van der Waals surface area (Å²) in [5, 5.41) is 8.33. The van der Waals surface area contributed by atoms with Crippen molar-refractivity contribution in [2.75, 3.05) is 6.79 Å². The molecule has 0 aromatic heterocycles. The highest BCUT2D eigenvalue weighted by Crippen LogP contribution is 2.06. The Hall–Kier alpha value is -0.0800. The molecule has 9 heavy (non-hydrogen) atoms. The molecule has 1 N–H and O–H groups in total. The molecule has 0 spiro atoms. The van der Waals surface area contributed by atoms with Crippen molar-refractivity contribution in [2.24, 2.45) is 5.92 Å². The second-order valence-electron chi connectivity index (χ2n) is 2.74. The van der Waals surface area contributed by atoms with Crippen molar-refractivity contribution < 1.29 is 9.84 Å². The summed E-state index contributed by atoms with van der Waals surface area (Å²) >= 11 is 0. The maximum absolute atomic E-state index is 8.33. The Morgan fingerprint density at radius 3 is 2.22 bits per heavy atom. The van der Waals surface area contributed by atoms with Crippen LogP contribution in [0.25, 0.3) is 0 Å². The standard InChI is InChI=1S/C7H16O2/c1-6(2)4-7(3)9-5-8/h6-8H,4-5H2,1-3H3. The number of ether oxygens (including phenoxy) is 1. The van der Waals surface area contributed by atoms with Gasteiger partial charge >= 0.3 is 0 Å². The predicted octanol–water partition coefficient (Wildman–Crippen LogP) is 1.39. The highest BCUT2D eigenvalue weighted by molar-refractivity contribution is 4.52. The van der Waals surface area contributed by atoms with Gasteiger partial charge in [0.05, 0.1) is 6.10 Å². The van der Waals surface area contributed by atoms with E-state index in [9.17, 15) is 0 Å². The zero-order chi connectivity index (χ0) is 7.28. The Bertz CT molecular complexity index is 61.9. The van der Waals surface area contributed by atoms with Gasteiger partial charge in [-0.3, -0.25) is 0 Å². The maximum Gasteiger partial charge on any atom is 0.143 e. The van der Waals surface area contributed by atoms with Crippen LogP contribution in [0.4, 0.5) is 0 Å². The normalized spacial score (nSPS) is 14.3. The van der Waals surface area contributed by atoms with E-state index in [0.717, 1.165) is 6.42 Å². The molecule has 0 bridgehead atoms. The predicted molar refractivity (Wildman–Crippen MR) is 37.1 cm³/mol. The fourth-order valence-electron chi connectivity index (χ4n) is 0.859. The lowest BCUT2D eigenvalue weighted by Crippen LogP contribution is -2.11. The van der Waals surface area contributed by atoms with E-state index in [1.54, 1.807) is 0 Å². The van der Waals surface area contributed by atoms with E-state index in [0.29, 0.717) is 5.92 Å². The first kappa shape index (κ1) is 8.92. The first-order chi connectivity index (χ1) is 4.16. The van der Waals surface area contributed by atoms with Crippen LogP contribution in [0, 0.1) is 5.92 Å². The smallest absolute Gasteiger partial charge is 0.143 e. The third kappa shape index (κ3) is 5.80. The second-order valence-corrected chi connectivity index (χ2v) is 2.74. The fraction of sp³-hybridized carbons (Fsp3) is 1.00. The minimum Gasteiger partial charge on any atom is -0.371 e. The van der Waals surface area contributed by atoms with Gasteiger partial charge in [-0.2, -0.15) is 0 Å². The molecule has 0 saturated carbocycles. The van der Waals surface area contributed by atoms with Gasteiger partial charge in [0.1, 0.15) is 6.79 Å². The van der Waals surface area contributed by atoms with Crippen LogP contribution in [0.5, 0.6) is 0 Å². The molecule has 0 radical (unpaired) electrons. The highest BCUT2D eigenvalue weighted by atomic mass is 16.6. The molecule has 0 heterocycles. The first-order valence-corrected chi connectivity index (χ1v) is 3.39. The molecule has 1 unspecified atom stereocenters. The molecule has 0 aliphatic heterocycles. The van der Waals surface area contributed by atoms with E-state index < -0.39 is 0 Å². The third-order valence-electron chi connectivity index (χ3n) is 1.16. The Morgan fingerprint density at radius 1 is 1.33 bits per heavy atom.